The maximum Gasteiger partial charge on any atom is 0.122 e. The predicted octanol–water partition coefficient (Wildman–Crippen LogP) is 2.44. The fourth-order valence-electron chi connectivity index (χ4n) is 1.98. The van der Waals surface area contributed by atoms with E-state index in [4.69, 9.17) is 0 Å². The maximum absolute atomic E-state index is 9.81. The van der Waals surface area contributed by atoms with E-state index in [9.17, 15) is 5.11 Å². The van der Waals surface area contributed by atoms with Crippen LogP contribution in [0.3, 0.4) is 0 Å². The van der Waals surface area contributed by atoms with Gasteiger partial charge < -0.3 is 5.11 Å². The third-order valence-corrected chi connectivity index (χ3v) is 2.72. The van der Waals surface area contributed by atoms with Crippen molar-refractivity contribution in [3.63, 3.8) is 0 Å². The first-order chi connectivity index (χ1) is 5.83. The quantitative estimate of drug-likeness (QED) is 0.672. The molecule has 0 bridgehead atoms. The molecular weight excluding hydrogens is 148 g/mol. The maximum atomic E-state index is 9.81. The molecule has 0 amide bonds. The lowest BCUT2D eigenvalue weighted by Gasteiger charge is -2.06. The molecule has 0 aliphatic heterocycles. The lowest BCUT2D eigenvalue weighted by molar-refractivity contribution is 0.462. The molecule has 0 fully saturated rings. The van der Waals surface area contributed by atoms with Gasteiger partial charge in [-0.3, -0.25) is 0 Å². The zero-order valence-electron chi connectivity index (χ0n) is 7.43. The third-order valence-electron chi connectivity index (χ3n) is 2.72. The Bertz CT molecular complexity index is 302. The molecule has 1 N–H and O–H groups in total. The van der Waals surface area contributed by atoms with Gasteiger partial charge in [0.1, 0.15) is 5.75 Å². The number of fused-ring (bicyclic) bond motifs is 1. The summed E-state index contributed by atoms with van der Waals surface area (Å²) < 4.78 is 0. The largest absolute Gasteiger partial charge is 0.507 e. The molecule has 0 saturated heterocycles. The van der Waals surface area contributed by atoms with Crippen LogP contribution >= 0.6 is 0 Å². The van der Waals surface area contributed by atoms with E-state index in [-0.39, 0.29) is 0 Å². The number of phenols is 1. The molecule has 1 heteroatoms. The molecule has 0 atom stereocenters. The Balaban J connectivity index is 2.54. The monoisotopic (exact) mass is 162 g/mol. The molecule has 0 radical (unpaired) electrons. The number of phenolic OH excluding ortho intramolecular Hbond substituents is 1. The summed E-state index contributed by atoms with van der Waals surface area (Å²) in [6.45, 7) is 2.08. The number of hydrogen-bond acceptors (Lipinski definition) is 1. The van der Waals surface area contributed by atoms with Crippen LogP contribution in [0.4, 0.5) is 0 Å². The normalized spacial score (nSPS) is 14.8. The van der Waals surface area contributed by atoms with Gasteiger partial charge in [0.15, 0.2) is 0 Å². The molecule has 0 aromatic heterocycles. The fourth-order valence-corrected chi connectivity index (χ4v) is 1.98. The van der Waals surface area contributed by atoms with Gasteiger partial charge in [-0.15, -0.1) is 0 Å². The highest BCUT2D eigenvalue weighted by molar-refractivity contribution is 5.47. The highest BCUT2D eigenvalue weighted by Gasteiger charge is 2.15. The summed E-state index contributed by atoms with van der Waals surface area (Å²) in [5, 5.41) is 9.81. The van der Waals surface area contributed by atoms with Crippen molar-refractivity contribution in [2.24, 2.45) is 0 Å². The zero-order valence-corrected chi connectivity index (χ0v) is 7.43. The second kappa shape index (κ2) is 2.81. The van der Waals surface area contributed by atoms with Crippen LogP contribution in [0.2, 0.25) is 0 Å². The van der Waals surface area contributed by atoms with E-state index in [0.29, 0.717) is 5.75 Å². The van der Waals surface area contributed by atoms with E-state index in [2.05, 4.69) is 19.1 Å². The lowest BCUT2D eigenvalue weighted by atomic mass is 10.0. The first kappa shape index (κ1) is 7.66. The summed E-state index contributed by atoms with van der Waals surface area (Å²) in [5.41, 5.74) is 3.65. The first-order valence-corrected chi connectivity index (χ1v) is 4.65. The SMILES string of the molecule is CCc1ccc2c(c1O)CCC2. The average molecular weight is 162 g/mol. The lowest BCUT2D eigenvalue weighted by Crippen LogP contribution is -1.88. The Morgan fingerprint density at radius 3 is 2.92 bits per heavy atom. The summed E-state index contributed by atoms with van der Waals surface area (Å²) in [4.78, 5) is 0. The second-order valence-corrected chi connectivity index (χ2v) is 3.42. The van der Waals surface area contributed by atoms with Crippen LogP contribution in [0.15, 0.2) is 12.1 Å². The Labute approximate surface area is 73.0 Å². The van der Waals surface area contributed by atoms with Crippen molar-refractivity contribution in [3.05, 3.63) is 28.8 Å². The number of benzene rings is 1. The van der Waals surface area contributed by atoms with E-state index < -0.39 is 0 Å². The number of aryl methyl sites for hydroxylation is 2. The molecule has 64 valence electrons. The molecule has 12 heavy (non-hydrogen) atoms. The average Bonchev–Trinajstić information content (AvgIpc) is 2.53. The van der Waals surface area contributed by atoms with E-state index in [0.717, 1.165) is 24.8 Å². The van der Waals surface area contributed by atoms with Gasteiger partial charge >= 0.3 is 0 Å². The molecule has 0 saturated carbocycles. The van der Waals surface area contributed by atoms with Gasteiger partial charge in [0.05, 0.1) is 0 Å². The number of rotatable bonds is 1. The van der Waals surface area contributed by atoms with Crippen LogP contribution in [-0.2, 0) is 19.3 Å². The van der Waals surface area contributed by atoms with Crippen LogP contribution in [0, 0.1) is 0 Å². The minimum atomic E-state index is 0.563. The van der Waals surface area contributed by atoms with Gasteiger partial charge in [0.25, 0.3) is 0 Å². The molecule has 0 heterocycles. The summed E-state index contributed by atoms with van der Waals surface area (Å²) in [5.74, 6) is 0.563. The molecular formula is C11H14O. The van der Waals surface area contributed by atoms with E-state index in [1.54, 1.807) is 0 Å². The number of hydrogen-bond donors (Lipinski definition) is 1. The van der Waals surface area contributed by atoms with Crippen molar-refractivity contribution in [2.75, 3.05) is 0 Å². The first-order valence-electron chi connectivity index (χ1n) is 4.65. The smallest absolute Gasteiger partial charge is 0.122 e. The van der Waals surface area contributed by atoms with Gasteiger partial charge in [-0.05, 0) is 42.4 Å². The topological polar surface area (TPSA) is 20.2 Å². The molecule has 1 aliphatic rings. The van der Waals surface area contributed by atoms with Crippen LogP contribution in [0.5, 0.6) is 5.75 Å². The van der Waals surface area contributed by atoms with Crippen molar-refractivity contribution < 1.29 is 5.11 Å². The van der Waals surface area contributed by atoms with Crippen molar-refractivity contribution in [1.82, 2.24) is 0 Å². The second-order valence-electron chi connectivity index (χ2n) is 3.42. The van der Waals surface area contributed by atoms with Crippen molar-refractivity contribution in [3.8, 4) is 5.75 Å². The molecule has 1 aliphatic carbocycles. The third kappa shape index (κ3) is 1.01. The standard InChI is InChI=1S/C11H14O/c1-2-8-6-7-9-4-3-5-10(9)11(8)12/h6-7,12H,2-5H2,1H3. The Kier molecular flexibility index (Phi) is 1.80. The minimum Gasteiger partial charge on any atom is -0.507 e. The van der Waals surface area contributed by atoms with Crippen LogP contribution < -0.4 is 0 Å². The highest BCUT2D eigenvalue weighted by Crippen LogP contribution is 2.32. The fraction of sp³-hybridized carbons (Fsp3) is 0.455. The van der Waals surface area contributed by atoms with Crippen molar-refractivity contribution >= 4 is 0 Å². The Hall–Kier alpha value is -0.980. The van der Waals surface area contributed by atoms with E-state index in [1.165, 1.54) is 17.5 Å². The zero-order chi connectivity index (χ0) is 8.55. The molecule has 1 aromatic carbocycles. The van der Waals surface area contributed by atoms with Crippen molar-refractivity contribution in [1.29, 1.82) is 0 Å². The number of aromatic hydroxyl groups is 1. The minimum absolute atomic E-state index is 0.563. The predicted molar refractivity (Wildman–Crippen MR) is 49.5 cm³/mol. The van der Waals surface area contributed by atoms with Crippen LogP contribution in [0.25, 0.3) is 0 Å². The van der Waals surface area contributed by atoms with Gasteiger partial charge in [0, 0.05) is 0 Å². The van der Waals surface area contributed by atoms with Crippen LogP contribution in [-0.4, -0.2) is 5.11 Å². The van der Waals surface area contributed by atoms with Crippen molar-refractivity contribution in [2.45, 2.75) is 32.6 Å². The summed E-state index contributed by atoms with van der Waals surface area (Å²) in [7, 11) is 0. The van der Waals surface area contributed by atoms with Gasteiger partial charge in [0.2, 0.25) is 0 Å². The van der Waals surface area contributed by atoms with Gasteiger partial charge in [-0.25, -0.2) is 0 Å². The van der Waals surface area contributed by atoms with E-state index in [1.807, 2.05) is 0 Å². The molecule has 0 unspecified atom stereocenters. The van der Waals surface area contributed by atoms with E-state index >= 15 is 0 Å². The summed E-state index contributed by atoms with van der Waals surface area (Å²) in [6.07, 6.45) is 4.34. The Morgan fingerprint density at radius 1 is 1.33 bits per heavy atom. The molecule has 1 aromatic rings. The molecule has 0 spiro atoms. The van der Waals surface area contributed by atoms with Gasteiger partial charge in [-0.1, -0.05) is 19.1 Å². The summed E-state index contributed by atoms with van der Waals surface area (Å²) >= 11 is 0. The van der Waals surface area contributed by atoms with Gasteiger partial charge in [-0.2, -0.15) is 0 Å². The molecule has 2 rings (SSSR count). The molecule has 1 nitrogen and oxygen atoms in total. The summed E-state index contributed by atoms with van der Waals surface area (Å²) in [6, 6.07) is 4.22. The Morgan fingerprint density at radius 2 is 2.17 bits per heavy atom. The van der Waals surface area contributed by atoms with Crippen LogP contribution in [0.1, 0.15) is 30.0 Å². The highest BCUT2D eigenvalue weighted by atomic mass is 16.3.